The molecule has 3 aliphatic rings. The van der Waals surface area contributed by atoms with Crippen molar-refractivity contribution in [3.8, 4) is 6.07 Å². The Morgan fingerprint density at radius 3 is 2.50 bits per heavy atom. The molecule has 1 aromatic heterocycles. The monoisotopic (exact) mass is 434 g/mol. The highest BCUT2D eigenvalue weighted by molar-refractivity contribution is 5.96. The Hall–Kier alpha value is -2.82. The molecule has 1 amide bonds. The first kappa shape index (κ1) is 21.0. The first-order chi connectivity index (χ1) is 15.5. The molecule has 5 rings (SSSR count). The van der Waals surface area contributed by atoms with Crippen molar-refractivity contribution >= 4 is 5.91 Å². The highest BCUT2D eigenvalue weighted by Crippen LogP contribution is 2.49. The number of halogens is 1. The Kier molecular flexibility index (Phi) is 5.44. The van der Waals surface area contributed by atoms with E-state index in [9.17, 15) is 14.4 Å². The second kappa shape index (κ2) is 8.27. The van der Waals surface area contributed by atoms with Crippen LogP contribution in [0.4, 0.5) is 4.39 Å². The molecular formula is C25H27FN4O2. The summed E-state index contributed by atoms with van der Waals surface area (Å²) >= 11 is 0. The predicted octanol–water partition coefficient (Wildman–Crippen LogP) is 3.17. The molecule has 0 atom stereocenters. The van der Waals surface area contributed by atoms with Crippen molar-refractivity contribution in [2.24, 2.45) is 0 Å². The smallest absolute Gasteiger partial charge is 0.255 e. The number of ether oxygens (including phenoxy) is 1. The van der Waals surface area contributed by atoms with Gasteiger partial charge < -0.3 is 14.5 Å². The van der Waals surface area contributed by atoms with E-state index in [1.807, 2.05) is 4.90 Å². The fourth-order valence-corrected chi connectivity index (χ4v) is 5.07. The molecule has 0 N–H and O–H groups in total. The normalized spacial score (nSPS) is 21.4. The molecule has 3 fully saturated rings. The number of carbonyl (C=O) groups is 1. The number of carbonyl (C=O) groups excluding carboxylic acids is 1. The van der Waals surface area contributed by atoms with E-state index in [-0.39, 0.29) is 22.9 Å². The van der Waals surface area contributed by atoms with Crippen molar-refractivity contribution in [1.29, 1.82) is 5.26 Å². The number of benzene rings is 1. The van der Waals surface area contributed by atoms with Gasteiger partial charge >= 0.3 is 0 Å². The van der Waals surface area contributed by atoms with E-state index in [1.54, 1.807) is 36.5 Å². The summed E-state index contributed by atoms with van der Waals surface area (Å²) in [6.45, 7) is 3.60. The molecule has 1 aromatic carbocycles. The molecular weight excluding hydrogens is 407 g/mol. The van der Waals surface area contributed by atoms with Gasteiger partial charge in [0.25, 0.3) is 5.91 Å². The van der Waals surface area contributed by atoms with Gasteiger partial charge in [0.05, 0.1) is 47.2 Å². The van der Waals surface area contributed by atoms with Gasteiger partial charge in [0.15, 0.2) is 0 Å². The van der Waals surface area contributed by atoms with Crippen molar-refractivity contribution in [3.05, 3.63) is 65.2 Å². The lowest BCUT2D eigenvalue weighted by atomic mass is 9.87. The summed E-state index contributed by atoms with van der Waals surface area (Å²) < 4.78 is 20.5. The number of piperidine rings is 1. The van der Waals surface area contributed by atoms with Gasteiger partial charge in [0.1, 0.15) is 5.82 Å². The summed E-state index contributed by atoms with van der Waals surface area (Å²) in [5.41, 5.74) is 0.816. The average molecular weight is 435 g/mol. The van der Waals surface area contributed by atoms with Crippen LogP contribution in [0.15, 0.2) is 42.6 Å². The lowest BCUT2D eigenvalue weighted by molar-refractivity contribution is -0.179. The van der Waals surface area contributed by atoms with E-state index in [4.69, 9.17) is 4.74 Å². The van der Waals surface area contributed by atoms with Gasteiger partial charge in [-0.1, -0.05) is 12.1 Å². The quantitative estimate of drug-likeness (QED) is 0.739. The van der Waals surface area contributed by atoms with Gasteiger partial charge in [0, 0.05) is 32.3 Å². The number of morpholine rings is 1. The van der Waals surface area contributed by atoms with Crippen LogP contribution in [-0.2, 0) is 11.2 Å². The van der Waals surface area contributed by atoms with Crippen molar-refractivity contribution in [1.82, 2.24) is 14.8 Å². The van der Waals surface area contributed by atoms with Crippen LogP contribution in [0.25, 0.3) is 0 Å². The topological polar surface area (TPSA) is 69.5 Å². The second-order valence-electron chi connectivity index (χ2n) is 9.31. The molecule has 1 aliphatic carbocycles. The number of amides is 1. The van der Waals surface area contributed by atoms with E-state index < -0.39 is 0 Å². The Labute approximate surface area is 187 Å². The van der Waals surface area contributed by atoms with Crippen molar-refractivity contribution in [2.45, 2.75) is 43.3 Å². The molecule has 3 heterocycles. The summed E-state index contributed by atoms with van der Waals surface area (Å²) in [6.07, 6.45) is 5.83. The van der Waals surface area contributed by atoms with Gasteiger partial charge in [-0.3, -0.25) is 9.78 Å². The standard InChI is InChI=1S/C25H27FN4O2/c26-21-6-3-12-28-22(21)7-13-29-14-10-25(11-15-29)18-30(17-24(32-25)8-9-24)23(31)20-5-2-1-4-19(20)16-27/h1-6,12H,7-11,13-15,17-18H2. The molecule has 0 unspecified atom stereocenters. The number of nitrogens with zero attached hydrogens (tertiary/aromatic N) is 4. The fourth-order valence-electron chi connectivity index (χ4n) is 5.07. The molecule has 2 aromatic rings. The molecule has 32 heavy (non-hydrogen) atoms. The van der Waals surface area contributed by atoms with Crippen LogP contribution in [-0.4, -0.2) is 64.6 Å². The van der Waals surface area contributed by atoms with Gasteiger partial charge in [-0.05, 0) is 49.9 Å². The number of likely N-dealkylation sites (tertiary alicyclic amines) is 1. The molecule has 2 saturated heterocycles. The number of rotatable bonds is 4. The first-order valence-electron chi connectivity index (χ1n) is 11.3. The van der Waals surface area contributed by atoms with Crippen molar-refractivity contribution in [3.63, 3.8) is 0 Å². The maximum Gasteiger partial charge on any atom is 0.255 e. The van der Waals surface area contributed by atoms with Crippen LogP contribution in [0, 0.1) is 17.1 Å². The zero-order chi connectivity index (χ0) is 22.2. The number of hydrogen-bond donors (Lipinski definition) is 0. The molecule has 2 spiro atoms. The second-order valence-corrected chi connectivity index (χ2v) is 9.31. The Morgan fingerprint density at radius 2 is 1.81 bits per heavy atom. The molecule has 7 heteroatoms. The van der Waals surface area contributed by atoms with Crippen LogP contribution in [0.1, 0.15) is 47.3 Å². The van der Waals surface area contributed by atoms with Crippen LogP contribution in [0.5, 0.6) is 0 Å². The zero-order valence-corrected chi connectivity index (χ0v) is 18.1. The maximum absolute atomic E-state index is 13.9. The van der Waals surface area contributed by atoms with E-state index in [2.05, 4.69) is 16.0 Å². The van der Waals surface area contributed by atoms with Gasteiger partial charge in [-0.2, -0.15) is 5.26 Å². The van der Waals surface area contributed by atoms with Crippen molar-refractivity contribution < 1.29 is 13.9 Å². The Bertz CT molecular complexity index is 1050. The average Bonchev–Trinajstić information content (AvgIpc) is 3.56. The molecule has 0 bridgehead atoms. The lowest BCUT2D eigenvalue weighted by Crippen LogP contribution is -2.61. The minimum absolute atomic E-state index is 0.0795. The van der Waals surface area contributed by atoms with Gasteiger partial charge in [-0.25, -0.2) is 4.39 Å². The highest BCUT2D eigenvalue weighted by Gasteiger charge is 2.56. The van der Waals surface area contributed by atoms with Crippen LogP contribution in [0.2, 0.25) is 0 Å². The third-order valence-corrected chi connectivity index (χ3v) is 7.03. The first-order valence-corrected chi connectivity index (χ1v) is 11.3. The van der Waals surface area contributed by atoms with Gasteiger partial charge in [-0.15, -0.1) is 0 Å². The Morgan fingerprint density at radius 1 is 1.09 bits per heavy atom. The summed E-state index contributed by atoms with van der Waals surface area (Å²) in [6, 6.07) is 12.2. The third kappa shape index (κ3) is 4.13. The fraction of sp³-hybridized carbons (Fsp3) is 0.480. The van der Waals surface area contributed by atoms with Gasteiger partial charge in [0.2, 0.25) is 0 Å². The molecule has 0 radical (unpaired) electrons. The molecule has 6 nitrogen and oxygen atoms in total. The predicted molar refractivity (Wildman–Crippen MR) is 116 cm³/mol. The molecule has 2 aliphatic heterocycles. The summed E-state index contributed by atoms with van der Waals surface area (Å²) in [5, 5.41) is 9.42. The van der Waals surface area contributed by atoms with Crippen molar-refractivity contribution in [2.75, 3.05) is 32.7 Å². The SMILES string of the molecule is N#Cc1ccccc1C(=O)N1CC2(CCN(CCc3ncccc3F)CC2)OC2(CC2)C1. The molecule has 1 saturated carbocycles. The highest BCUT2D eigenvalue weighted by atomic mass is 19.1. The van der Waals surface area contributed by atoms with E-state index >= 15 is 0 Å². The zero-order valence-electron chi connectivity index (χ0n) is 18.1. The number of nitriles is 1. The maximum atomic E-state index is 13.9. The van der Waals surface area contributed by atoms with Crippen LogP contribution in [0.3, 0.4) is 0 Å². The Balaban J connectivity index is 1.26. The van der Waals surface area contributed by atoms with Crippen LogP contribution >= 0.6 is 0 Å². The minimum atomic E-state index is -0.348. The number of hydrogen-bond acceptors (Lipinski definition) is 5. The minimum Gasteiger partial charge on any atom is -0.365 e. The lowest BCUT2D eigenvalue weighted by Gasteiger charge is -2.50. The summed E-state index contributed by atoms with van der Waals surface area (Å²) in [5.74, 6) is -0.330. The summed E-state index contributed by atoms with van der Waals surface area (Å²) in [4.78, 5) is 21.7. The summed E-state index contributed by atoms with van der Waals surface area (Å²) in [7, 11) is 0. The van der Waals surface area contributed by atoms with E-state index in [0.29, 0.717) is 36.3 Å². The van der Waals surface area contributed by atoms with Crippen LogP contribution < -0.4 is 0 Å². The largest absolute Gasteiger partial charge is 0.365 e. The third-order valence-electron chi connectivity index (χ3n) is 7.03. The van der Waals surface area contributed by atoms with E-state index in [1.165, 1.54) is 6.07 Å². The number of aromatic nitrogens is 1. The van der Waals surface area contributed by atoms with E-state index in [0.717, 1.165) is 45.3 Å². The number of pyridine rings is 1. The molecule has 166 valence electrons.